The van der Waals surface area contributed by atoms with Crippen molar-refractivity contribution in [3.05, 3.63) is 75.2 Å². The Bertz CT molecular complexity index is 1440. The highest BCUT2D eigenvalue weighted by molar-refractivity contribution is 6.31. The first kappa shape index (κ1) is 32.0. The van der Waals surface area contributed by atoms with Crippen LogP contribution in [0.5, 0.6) is 5.75 Å². The molecule has 9 nitrogen and oxygen atoms in total. The molecular weight excluding hydrogens is 542 g/mol. The van der Waals surface area contributed by atoms with Gasteiger partial charge in [-0.15, -0.1) is 0 Å². The number of hydrogen-bond acceptors (Lipinski definition) is 5. The quantitative estimate of drug-likeness (QED) is 0.318. The molecule has 222 valence electrons. The number of aromatic nitrogens is 2. The minimum atomic E-state index is -0.614. The summed E-state index contributed by atoms with van der Waals surface area (Å²) in [5.41, 5.74) is 0.646. The van der Waals surface area contributed by atoms with Gasteiger partial charge in [-0.05, 0) is 56.8 Å². The molecule has 3 aromatic rings. The molecule has 41 heavy (non-hydrogen) atoms. The highest BCUT2D eigenvalue weighted by Crippen LogP contribution is 2.31. The summed E-state index contributed by atoms with van der Waals surface area (Å²) < 4.78 is 8.97. The molecule has 0 spiro atoms. The number of nitrogens with zero attached hydrogens (tertiary/aromatic N) is 3. The molecule has 0 saturated heterocycles. The van der Waals surface area contributed by atoms with Crippen LogP contribution < -0.4 is 20.9 Å². The van der Waals surface area contributed by atoms with Crippen LogP contribution in [-0.2, 0) is 17.3 Å². The topological polar surface area (TPSA) is 97.6 Å². The maximum Gasteiger partial charge on any atom is 0.295 e. The number of likely N-dealkylation sites (N-methyl/N-ethyl adjacent to an activating group) is 1. The maximum atomic E-state index is 13.8. The smallest absolute Gasteiger partial charge is 0.295 e. The van der Waals surface area contributed by atoms with Gasteiger partial charge in [0.1, 0.15) is 11.4 Å². The van der Waals surface area contributed by atoms with Gasteiger partial charge in [0.15, 0.2) is 0 Å². The fourth-order valence-corrected chi connectivity index (χ4v) is 5.45. The molecule has 0 bridgehead atoms. The molecule has 0 aliphatic carbocycles. The van der Waals surface area contributed by atoms with Crippen LogP contribution in [0.1, 0.15) is 57.1 Å². The summed E-state index contributed by atoms with van der Waals surface area (Å²) in [6, 6.07) is 14.2. The Balaban J connectivity index is 1.84. The zero-order chi connectivity index (χ0) is 30.5. The van der Waals surface area contributed by atoms with E-state index in [0.717, 1.165) is 5.69 Å². The molecule has 2 amide bonds. The molecule has 0 aliphatic heterocycles. The molecule has 0 atom stereocenters. The Hall–Kier alpha value is -3.56. The van der Waals surface area contributed by atoms with Crippen molar-refractivity contribution in [3.8, 4) is 11.4 Å². The lowest BCUT2D eigenvalue weighted by Crippen LogP contribution is -2.37. The zero-order valence-corrected chi connectivity index (χ0v) is 26.1. The highest BCUT2D eigenvalue weighted by atomic mass is 35.5. The van der Waals surface area contributed by atoms with E-state index in [9.17, 15) is 14.4 Å². The highest BCUT2D eigenvalue weighted by Gasteiger charge is 2.34. The van der Waals surface area contributed by atoms with Crippen molar-refractivity contribution in [2.75, 3.05) is 39.1 Å². The van der Waals surface area contributed by atoms with Crippen LogP contribution in [0.15, 0.2) is 53.3 Å². The van der Waals surface area contributed by atoms with Gasteiger partial charge >= 0.3 is 0 Å². The third kappa shape index (κ3) is 7.80. The standard InChI is InChI=1S/C31H42ClN5O4/c1-9-41-24-16-15-21(32)17-23(24)28(39)33-19-30(2,3)18-25(38)34-26-27(31(4,5)20-35(6)7)36(8)37(29(26)40)22-13-11-10-12-14-22/h10-17H,9,18-20H2,1-8H3,(H,33,39)(H,34,38). The van der Waals surface area contributed by atoms with E-state index in [4.69, 9.17) is 16.3 Å². The minimum Gasteiger partial charge on any atom is -0.493 e. The molecular formula is C31H42ClN5O4. The Labute approximate surface area is 247 Å². The van der Waals surface area contributed by atoms with Crippen molar-refractivity contribution >= 4 is 29.1 Å². The van der Waals surface area contributed by atoms with Crippen molar-refractivity contribution < 1.29 is 14.3 Å². The summed E-state index contributed by atoms with van der Waals surface area (Å²) >= 11 is 6.11. The second-order valence-electron chi connectivity index (χ2n) is 12.0. The van der Waals surface area contributed by atoms with Crippen molar-refractivity contribution in [3.63, 3.8) is 0 Å². The van der Waals surface area contributed by atoms with E-state index in [1.807, 2.05) is 76.9 Å². The summed E-state index contributed by atoms with van der Waals surface area (Å²) in [6.07, 6.45) is 0.0777. The van der Waals surface area contributed by atoms with E-state index in [1.165, 1.54) is 0 Å². The Morgan fingerprint density at radius 2 is 1.71 bits per heavy atom. The summed E-state index contributed by atoms with van der Waals surface area (Å²) in [7, 11) is 5.79. The van der Waals surface area contributed by atoms with E-state index in [2.05, 4.69) is 29.4 Å². The van der Waals surface area contributed by atoms with Crippen molar-refractivity contribution in [2.45, 2.75) is 46.5 Å². The van der Waals surface area contributed by atoms with E-state index in [0.29, 0.717) is 35.2 Å². The van der Waals surface area contributed by atoms with Crippen molar-refractivity contribution in [1.29, 1.82) is 0 Å². The van der Waals surface area contributed by atoms with Crippen LogP contribution in [0.3, 0.4) is 0 Å². The molecule has 1 aromatic heterocycles. The van der Waals surface area contributed by atoms with Gasteiger partial charge in [-0.25, -0.2) is 4.68 Å². The van der Waals surface area contributed by atoms with E-state index in [-0.39, 0.29) is 36.0 Å². The average molecular weight is 584 g/mol. The molecule has 0 aliphatic rings. The number of anilines is 1. The normalized spacial score (nSPS) is 12.0. The number of ether oxygens (including phenoxy) is 1. The van der Waals surface area contributed by atoms with E-state index < -0.39 is 10.8 Å². The number of nitrogens with one attached hydrogen (secondary N) is 2. The van der Waals surface area contributed by atoms with Crippen LogP contribution in [0, 0.1) is 5.41 Å². The predicted molar refractivity (Wildman–Crippen MR) is 165 cm³/mol. The second kappa shape index (κ2) is 13.0. The Morgan fingerprint density at radius 3 is 2.32 bits per heavy atom. The number of benzene rings is 2. The average Bonchev–Trinajstić information content (AvgIpc) is 3.12. The SMILES string of the molecule is CCOc1ccc(Cl)cc1C(=O)NCC(C)(C)CC(=O)Nc1c(C(C)(C)CN(C)C)n(C)n(-c2ccccc2)c1=O. The lowest BCUT2D eigenvalue weighted by molar-refractivity contribution is -0.118. The number of para-hydroxylation sites is 1. The van der Waals surface area contributed by atoms with Crippen LogP contribution >= 0.6 is 11.6 Å². The number of carbonyl (C=O) groups excluding carboxylic acids is 2. The first-order chi connectivity index (χ1) is 19.2. The Kier molecular flexibility index (Phi) is 10.1. The molecule has 1 heterocycles. The van der Waals surface area contributed by atoms with E-state index in [1.54, 1.807) is 22.9 Å². The van der Waals surface area contributed by atoms with Gasteiger partial charge < -0.3 is 20.3 Å². The first-order valence-electron chi connectivity index (χ1n) is 13.7. The molecule has 0 radical (unpaired) electrons. The lowest BCUT2D eigenvalue weighted by Gasteiger charge is -2.30. The predicted octanol–water partition coefficient (Wildman–Crippen LogP) is 4.85. The third-order valence-corrected chi connectivity index (χ3v) is 6.97. The van der Waals surface area contributed by atoms with Gasteiger partial charge in [0.05, 0.1) is 23.6 Å². The number of hydrogen-bond donors (Lipinski definition) is 2. The fraction of sp³-hybridized carbons (Fsp3) is 0.452. The van der Waals surface area contributed by atoms with Crippen LogP contribution in [-0.4, -0.2) is 59.9 Å². The summed E-state index contributed by atoms with van der Waals surface area (Å²) in [6.45, 7) is 11.0. The summed E-state index contributed by atoms with van der Waals surface area (Å²) in [5.74, 6) is -0.214. The van der Waals surface area contributed by atoms with E-state index >= 15 is 0 Å². The molecule has 2 N–H and O–H groups in total. The van der Waals surface area contributed by atoms with Gasteiger partial charge in [0.2, 0.25) is 5.91 Å². The number of rotatable bonds is 12. The fourth-order valence-electron chi connectivity index (χ4n) is 5.28. The summed E-state index contributed by atoms with van der Waals surface area (Å²) in [4.78, 5) is 42.2. The molecule has 10 heteroatoms. The zero-order valence-electron chi connectivity index (χ0n) is 25.3. The Morgan fingerprint density at radius 1 is 1.05 bits per heavy atom. The van der Waals surface area contributed by atoms with Gasteiger partial charge in [-0.3, -0.25) is 19.1 Å². The molecule has 0 fully saturated rings. The molecule has 0 saturated carbocycles. The van der Waals surface area contributed by atoms with Crippen molar-refractivity contribution in [2.24, 2.45) is 12.5 Å². The van der Waals surface area contributed by atoms with Gasteiger partial charge in [0, 0.05) is 37.0 Å². The number of carbonyl (C=O) groups is 2. The number of amides is 2. The molecule has 2 aromatic carbocycles. The van der Waals surface area contributed by atoms with Gasteiger partial charge in [-0.1, -0.05) is 57.5 Å². The minimum absolute atomic E-state index is 0.0777. The van der Waals surface area contributed by atoms with Gasteiger partial charge in [0.25, 0.3) is 11.5 Å². The monoisotopic (exact) mass is 583 g/mol. The van der Waals surface area contributed by atoms with Crippen LogP contribution in [0.25, 0.3) is 5.69 Å². The second-order valence-corrected chi connectivity index (χ2v) is 12.4. The third-order valence-electron chi connectivity index (χ3n) is 6.74. The molecule has 0 unspecified atom stereocenters. The maximum absolute atomic E-state index is 13.8. The molecule has 3 rings (SSSR count). The largest absolute Gasteiger partial charge is 0.493 e. The van der Waals surface area contributed by atoms with Crippen molar-refractivity contribution in [1.82, 2.24) is 19.6 Å². The first-order valence-corrected chi connectivity index (χ1v) is 14.1. The van der Waals surface area contributed by atoms with Gasteiger partial charge in [-0.2, -0.15) is 0 Å². The van der Waals surface area contributed by atoms with Crippen LogP contribution in [0.4, 0.5) is 5.69 Å². The summed E-state index contributed by atoms with van der Waals surface area (Å²) in [5, 5.41) is 6.27. The lowest BCUT2D eigenvalue weighted by atomic mass is 9.87. The van der Waals surface area contributed by atoms with Crippen LogP contribution in [0.2, 0.25) is 5.02 Å². The number of halogens is 1.